The van der Waals surface area contributed by atoms with Gasteiger partial charge in [0.15, 0.2) is 0 Å². The molecule has 0 heterocycles. The lowest BCUT2D eigenvalue weighted by Gasteiger charge is -2.05. The molecule has 0 bridgehead atoms. The van der Waals surface area contributed by atoms with Crippen molar-refractivity contribution in [1.29, 1.82) is 0 Å². The third-order valence-corrected chi connectivity index (χ3v) is 2.54. The average Bonchev–Trinajstić information content (AvgIpc) is 1.83. The molecule has 74 valence electrons. The lowest BCUT2D eigenvalue weighted by molar-refractivity contribution is -0.0328. The summed E-state index contributed by atoms with van der Waals surface area (Å²) >= 11 is 3.41. The Hall–Kier alpha value is 0.620. The van der Waals surface area contributed by atoms with E-state index in [1.807, 2.05) is 6.92 Å². The molecule has 1 atom stereocenters. The molecule has 0 fully saturated rings. The van der Waals surface area contributed by atoms with Crippen LogP contribution in [0.2, 0.25) is 0 Å². The van der Waals surface area contributed by atoms with E-state index in [0.717, 1.165) is 12.8 Å². The molecule has 0 N–H and O–H groups in total. The van der Waals surface area contributed by atoms with Crippen molar-refractivity contribution in [2.75, 3.05) is 5.75 Å². The third-order valence-electron chi connectivity index (χ3n) is 1.26. The molecule has 0 radical (unpaired) electrons. The SMILES string of the molecule is CC(Br)CCCCSC(F)(F)F. The van der Waals surface area contributed by atoms with Crippen molar-refractivity contribution in [3.8, 4) is 0 Å². The number of halogens is 4. The lowest BCUT2D eigenvalue weighted by atomic mass is 10.2. The minimum absolute atomic E-state index is 0.0699. The van der Waals surface area contributed by atoms with Gasteiger partial charge in [-0.1, -0.05) is 41.0 Å². The van der Waals surface area contributed by atoms with Crippen molar-refractivity contribution in [2.24, 2.45) is 0 Å². The summed E-state index contributed by atoms with van der Waals surface area (Å²) in [6.07, 6.45) is 2.44. The van der Waals surface area contributed by atoms with E-state index < -0.39 is 5.51 Å². The molecule has 0 saturated carbocycles. The van der Waals surface area contributed by atoms with Crippen molar-refractivity contribution in [1.82, 2.24) is 0 Å². The number of alkyl halides is 4. The van der Waals surface area contributed by atoms with Gasteiger partial charge in [-0.15, -0.1) is 0 Å². The highest BCUT2D eigenvalue weighted by Crippen LogP contribution is 2.30. The highest BCUT2D eigenvalue weighted by molar-refractivity contribution is 9.09. The summed E-state index contributed by atoms with van der Waals surface area (Å²) in [5.74, 6) is 0.184. The van der Waals surface area contributed by atoms with Crippen LogP contribution in [0.4, 0.5) is 13.2 Å². The largest absolute Gasteiger partial charge is 0.441 e. The molecule has 0 spiro atoms. The van der Waals surface area contributed by atoms with Crippen LogP contribution in [0, 0.1) is 0 Å². The Morgan fingerprint density at radius 3 is 2.33 bits per heavy atom. The molecule has 0 rings (SSSR count). The normalized spacial score (nSPS) is 14.8. The van der Waals surface area contributed by atoms with E-state index in [1.165, 1.54) is 0 Å². The third kappa shape index (κ3) is 10.6. The molecule has 0 nitrogen and oxygen atoms in total. The molecular formula is C7H12BrF3S. The molecule has 0 aromatic heterocycles. The topological polar surface area (TPSA) is 0 Å². The van der Waals surface area contributed by atoms with Crippen LogP contribution in [-0.4, -0.2) is 16.1 Å². The van der Waals surface area contributed by atoms with Gasteiger partial charge >= 0.3 is 5.51 Å². The van der Waals surface area contributed by atoms with Crippen LogP contribution in [0.1, 0.15) is 26.2 Å². The number of thioether (sulfide) groups is 1. The van der Waals surface area contributed by atoms with Crippen LogP contribution in [0.25, 0.3) is 0 Å². The standard InChI is InChI=1S/C7H12BrF3S/c1-6(8)4-2-3-5-12-7(9,10)11/h6H,2-5H2,1H3. The van der Waals surface area contributed by atoms with Gasteiger partial charge in [0.05, 0.1) is 0 Å². The first kappa shape index (κ1) is 12.6. The van der Waals surface area contributed by atoms with Gasteiger partial charge in [0.2, 0.25) is 0 Å². The Bertz CT molecular complexity index is 114. The van der Waals surface area contributed by atoms with Crippen molar-refractivity contribution in [2.45, 2.75) is 36.5 Å². The summed E-state index contributed by atoms with van der Waals surface area (Å²) in [6, 6.07) is 0. The van der Waals surface area contributed by atoms with E-state index in [9.17, 15) is 13.2 Å². The fraction of sp³-hybridized carbons (Fsp3) is 1.00. The molecule has 0 aliphatic carbocycles. The zero-order valence-corrected chi connectivity index (χ0v) is 9.23. The monoisotopic (exact) mass is 264 g/mol. The minimum Gasteiger partial charge on any atom is -0.160 e. The predicted molar refractivity (Wildman–Crippen MR) is 50.8 cm³/mol. The molecule has 0 saturated heterocycles. The van der Waals surface area contributed by atoms with Gasteiger partial charge < -0.3 is 0 Å². The Balaban J connectivity index is 3.12. The summed E-state index contributed by atoms with van der Waals surface area (Å²) in [6.45, 7) is 2.00. The lowest BCUT2D eigenvalue weighted by Crippen LogP contribution is -2.01. The molecular weight excluding hydrogens is 253 g/mol. The van der Waals surface area contributed by atoms with E-state index >= 15 is 0 Å². The van der Waals surface area contributed by atoms with E-state index in [-0.39, 0.29) is 17.5 Å². The van der Waals surface area contributed by atoms with Crippen LogP contribution in [0.15, 0.2) is 0 Å². The predicted octanol–water partition coefficient (Wildman–Crippen LogP) is 4.19. The molecule has 1 unspecified atom stereocenters. The molecule has 0 aliphatic heterocycles. The van der Waals surface area contributed by atoms with Gasteiger partial charge in [-0.05, 0) is 12.8 Å². The minimum atomic E-state index is -4.06. The van der Waals surface area contributed by atoms with Gasteiger partial charge in [0, 0.05) is 10.6 Å². The molecule has 0 amide bonds. The highest BCUT2D eigenvalue weighted by Gasteiger charge is 2.27. The van der Waals surface area contributed by atoms with E-state index in [1.54, 1.807) is 0 Å². The van der Waals surface area contributed by atoms with Crippen molar-refractivity contribution < 1.29 is 13.2 Å². The Morgan fingerprint density at radius 2 is 1.92 bits per heavy atom. The Labute approximate surface area is 83.4 Å². The van der Waals surface area contributed by atoms with Crippen molar-refractivity contribution >= 4 is 27.7 Å². The number of hydrogen-bond acceptors (Lipinski definition) is 1. The van der Waals surface area contributed by atoms with Gasteiger partial charge in [-0.3, -0.25) is 0 Å². The average molecular weight is 265 g/mol. The molecule has 12 heavy (non-hydrogen) atoms. The van der Waals surface area contributed by atoms with Crippen LogP contribution in [0.5, 0.6) is 0 Å². The summed E-state index contributed by atoms with van der Waals surface area (Å²) < 4.78 is 34.8. The van der Waals surface area contributed by atoms with E-state index in [0.29, 0.717) is 11.2 Å². The van der Waals surface area contributed by atoms with Crippen LogP contribution in [-0.2, 0) is 0 Å². The second kappa shape index (κ2) is 6.13. The fourth-order valence-corrected chi connectivity index (χ4v) is 1.62. The maximum Gasteiger partial charge on any atom is 0.441 e. The number of hydrogen-bond donors (Lipinski definition) is 0. The van der Waals surface area contributed by atoms with E-state index in [4.69, 9.17) is 0 Å². The van der Waals surface area contributed by atoms with Gasteiger partial charge in [-0.2, -0.15) is 13.2 Å². The molecule has 0 aromatic rings. The number of unbranched alkanes of at least 4 members (excludes halogenated alkanes) is 1. The fourth-order valence-electron chi connectivity index (χ4n) is 0.716. The summed E-state index contributed by atoms with van der Waals surface area (Å²) in [5, 5.41) is 0. The van der Waals surface area contributed by atoms with Crippen LogP contribution in [0.3, 0.4) is 0 Å². The smallest absolute Gasteiger partial charge is 0.160 e. The highest BCUT2D eigenvalue weighted by atomic mass is 79.9. The summed E-state index contributed by atoms with van der Waals surface area (Å²) in [5.41, 5.74) is -4.06. The zero-order chi connectivity index (χ0) is 9.61. The summed E-state index contributed by atoms with van der Waals surface area (Å²) in [7, 11) is 0. The van der Waals surface area contributed by atoms with Crippen molar-refractivity contribution in [3.63, 3.8) is 0 Å². The quantitative estimate of drug-likeness (QED) is 0.530. The van der Waals surface area contributed by atoms with Crippen LogP contribution < -0.4 is 0 Å². The Kier molecular flexibility index (Phi) is 6.45. The van der Waals surface area contributed by atoms with Crippen molar-refractivity contribution in [3.05, 3.63) is 0 Å². The molecule has 5 heteroatoms. The first-order valence-corrected chi connectivity index (χ1v) is 5.66. The first-order chi connectivity index (χ1) is 5.42. The maximum absolute atomic E-state index is 11.6. The van der Waals surface area contributed by atoms with Gasteiger partial charge in [0.1, 0.15) is 0 Å². The number of rotatable bonds is 5. The maximum atomic E-state index is 11.6. The second-order valence-corrected chi connectivity index (χ2v) is 5.29. The molecule has 0 aliphatic rings. The van der Waals surface area contributed by atoms with Gasteiger partial charge in [0.25, 0.3) is 0 Å². The molecule has 0 aromatic carbocycles. The first-order valence-electron chi connectivity index (χ1n) is 3.76. The van der Waals surface area contributed by atoms with E-state index in [2.05, 4.69) is 15.9 Å². The zero-order valence-electron chi connectivity index (χ0n) is 6.83. The Morgan fingerprint density at radius 1 is 1.33 bits per heavy atom. The summed E-state index contributed by atoms with van der Waals surface area (Å²) in [4.78, 5) is 0.411. The van der Waals surface area contributed by atoms with Crippen LogP contribution >= 0.6 is 27.7 Å². The second-order valence-electron chi connectivity index (χ2n) is 2.57. The van der Waals surface area contributed by atoms with Gasteiger partial charge in [-0.25, -0.2) is 0 Å².